The molecule has 7 N–H and O–H groups in total. The van der Waals surface area contributed by atoms with Crippen LogP contribution in [0.1, 0.15) is 6.23 Å². The largest absolute Gasteiger partial charge is 0.394 e. The molecule has 12 heteroatoms. The first-order valence-electron chi connectivity index (χ1n) is 6.66. The van der Waals surface area contributed by atoms with Gasteiger partial charge < -0.3 is 31.6 Å². The van der Waals surface area contributed by atoms with E-state index in [4.69, 9.17) is 21.4 Å². The van der Waals surface area contributed by atoms with E-state index < -0.39 is 42.4 Å². The van der Waals surface area contributed by atoms with Crippen molar-refractivity contribution in [2.75, 3.05) is 18.2 Å². The number of aromatic nitrogens is 4. The van der Waals surface area contributed by atoms with E-state index in [1.165, 1.54) is 7.05 Å². The van der Waals surface area contributed by atoms with Crippen LogP contribution in [0.2, 0.25) is 0 Å². The quantitative estimate of drug-likeness (QED) is 0.341. The number of aliphatic hydroxyl groups is 3. The van der Waals surface area contributed by atoms with Gasteiger partial charge in [-0.15, -0.1) is 0 Å². The summed E-state index contributed by atoms with van der Waals surface area (Å²) in [4.78, 5) is 28.5. The van der Waals surface area contributed by atoms with Crippen LogP contribution >= 0.6 is 0 Å². The van der Waals surface area contributed by atoms with Gasteiger partial charge in [0.25, 0.3) is 5.56 Å². The highest BCUT2D eigenvalue weighted by atomic mass is 16.6. The van der Waals surface area contributed by atoms with Crippen molar-refractivity contribution in [1.29, 1.82) is 0 Å². The van der Waals surface area contributed by atoms with Crippen LogP contribution < -0.4 is 22.8 Å². The van der Waals surface area contributed by atoms with E-state index in [1.54, 1.807) is 0 Å². The van der Waals surface area contributed by atoms with Crippen LogP contribution in [0.5, 0.6) is 0 Å². The lowest BCUT2D eigenvalue weighted by atomic mass is 10.1. The van der Waals surface area contributed by atoms with E-state index in [9.17, 15) is 19.8 Å². The van der Waals surface area contributed by atoms with Crippen molar-refractivity contribution in [3.8, 4) is 0 Å². The van der Waals surface area contributed by atoms with Gasteiger partial charge in [0.05, 0.1) is 6.61 Å². The van der Waals surface area contributed by atoms with E-state index in [-0.39, 0.29) is 17.1 Å². The number of anilines is 1. The topological polar surface area (TPSA) is 184 Å². The summed E-state index contributed by atoms with van der Waals surface area (Å²) >= 11 is 0. The molecule has 0 saturated carbocycles. The highest BCUT2D eigenvalue weighted by Gasteiger charge is 2.45. The predicted octanol–water partition coefficient (Wildman–Crippen LogP) is -4.20. The van der Waals surface area contributed by atoms with E-state index in [0.717, 1.165) is 9.13 Å². The van der Waals surface area contributed by atoms with Crippen molar-refractivity contribution in [1.82, 2.24) is 18.8 Å². The molecule has 0 aromatic carbocycles. The Labute approximate surface area is 127 Å². The molecule has 4 atom stereocenters. The lowest BCUT2D eigenvalue weighted by Crippen LogP contribution is -2.35. The van der Waals surface area contributed by atoms with Gasteiger partial charge in [-0.05, 0) is 0 Å². The van der Waals surface area contributed by atoms with Gasteiger partial charge in [0, 0.05) is 7.05 Å². The van der Waals surface area contributed by atoms with Gasteiger partial charge in [0.15, 0.2) is 17.4 Å². The second-order valence-electron chi connectivity index (χ2n) is 5.26. The normalized spacial score (nSPS) is 27.8. The summed E-state index contributed by atoms with van der Waals surface area (Å²) in [6.45, 7) is -0.556. The zero-order valence-electron chi connectivity index (χ0n) is 12.0. The minimum absolute atomic E-state index is 0.135. The first kappa shape index (κ1) is 15.5. The fourth-order valence-corrected chi connectivity index (χ4v) is 2.66. The van der Waals surface area contributed by atoms with Crippen LogP contribution in [-0.2, 0) is 11.8 Å². The molecular weight excluding hydrogens is 312 g/mol. The minimum atomic E-state index is -1.50. The number of fused-ring (bicyclic) bond motifs is 1. The van der Waals surface area contributed by atoms with Crippen LogP contribution in [0, 0.1) is 0 Å². The Morgan fingerprint density at radius 3 is 2.52 bits per heavy atom. The molecule has 1 aliphatic heterocycles. The lowest BCUT2D eigenvalue weighted by molar-refractivity contribution is -0.0527. The van der Waals surface area contributed by atoms with Crippen LogP contribution in [0.15, 0.2) is 9.59 Å². The maximum atomic E-state index is 12.4. The zero-order valence-corrected chi connectivity index (χ0v) is 12.0. The molecule has 0 aliphatic carbocycles. The zero-order chi connectivity index (χ0) is 17.0. The third kappa shape index (κ3) is 1.96. The molecule has 0 spiro atoms. The van der Waals surface area contributed by atoms with Crippen LogP contribution in [0.25, 0.3) is 11.2 Å². The summed E-state index contributed by atoms with van der Waals surface area (Å²) in [6, 6.07) is 0. The van der Waals surface area contributed by atoms with Crippen LogP contribution in [0.3, 0.4) is 0 Å². The molecule has 3 heterocycles. The summed E-state index contributed by atoms with van der Waals surface area (Å²) in [7, 11) is 1.32. The second-order valence-corrected chi connectivity index (χ2v) is 5.26. The average molecular weight is 328 g/mol. The molecule has 0 unspecified atom stereocenters. The molecule has 1 fully saturated rings. The molecule has 0 radical (unpaired) electrons. The highest BCUT2D eigenvalue weighted by Crippen LogP contribution is 2.29. The Balaban J connectivity index is 2.30. The number of imidazole rings is 1. The lowest BCUT2D eigenvalue weighted by Gasteiger charge is -2.15. The van der Waals surface area contributed by atoms with Crippen molar-refractivity contribution in [2.45, 2.75) is 24.5 Å². The molecule has 3 rings (SSSR count). The Morgan fingerprint density at radius 2 is 1.96 bits per heavy atom. The smallest absolute Gasteiger partial charge is 0.332 e. The molecule has 0 amide bonds. The number of hydrogen-bond donors (Lipinski definition) is 5. The molecule has 0 bridgehead atoms. The fourth-order valence-electron chi connectivity index (χ4n) is 2.66. The van der Waals surface area contributed by atoms with E-state index in [2.05, 4.69) is 4.98 Å². The van der Waals surface area contributed by atoms with Crippen molar-refractivity contribution in [2.24, 2.45) is 7.05 Å². The van der Waals surface area contributed by atoms with E-state index in [1.807, 2.05) is 0 Å². The van der Waals surface area contributed by atoms with Crippen molar-refractivity contribution in [3.63, 3.8) is 0 Å². The highest BCUT2D eigenvalue weighted by molar-refractivity contribution is 5.72. The van der Waals surface area contributed by atoms with Gasteiger partial charge in [0.1, 0.15) is 18.3 Å². The van der Waals surface area contributed by atoms with Crippen molar-refractivity contribution < 1.29 is 20.1 Å². The average Bonchev–Trinajstić information content (AvgIpc) is 2.93. The Bertz CT molecular complexity index is 884. The Kier molecular flexibility index (Phi) is 3.40. The maximum absolute atomic E-state index is 12.4. The molecule has 1 aliphatic rings. The van der Waals surface area contributed by atoms with E-state index >= 15 is 0 Å². The number of hydrogen-bond acceptors (Lipinski definition) is 9. The van der Waals surface area contributed by atoms with E-state index in [0.29, 0.717) is 4.68 Å². The number of nitrogens with zero attached hydrogens (tertiary/aromatic N) is 4. The second kappa shape index (κ2) is 5.06. The van der Waals surface area contributed by atoms with Gasteiger partial charge >= 0.3 is 5.69 Å². The van der Waals surface area contributed by atoms with Gasteiger partial charge in [-0.2, -0.15) is 9.66 Å². The number of nitrogen functional groups attached to an aromatic ring is 2. The van der Waals surface area contributed by atoms with Gasteiger partial charge in [-0.1, -0.05) is 0 Å². The molecular formula is C11H16N6O6. The standard InChI is InChI=1S/C11H16N6O6/c1-15-4-7(14-10(12)17(13)8(4)21)16(11(15)22)9-6(20)5(19)3(2-18)23-9/h3,5-6,9,18-20H,2,13H2,1H3,(H2,12,14)/t3-,5+,6+,9-/m0/s1. The van der Waals surface area contributed by atoms with Crippen LogP contribution in [-0.4, -0.2) is 59.0 Å². The molecule has 1 saturated heterocycles. The van der Waals surface area contributed by atoms with Gasteiger partial charge in [-0.3, -0.25) is 9.36 Å². The SMILES string of the molecule is Cn1c(=O)n([C@H]2O[C@@H](CO)[C@@H](O)[C@H]2O)c2nc(N)n(N)c(=O)c21. The Morgan fingerprint density at radius 1 is 1.30 bits per heavy atom. The number of nitrogens with two attached hydrogens (primary N) is 2. The predicted molar refractivity (Wildman–Crippen MR) is 76.8 cm³/mol. The third-order valence-corrected chi connectivity index (χ3v) is 3.93. The van der Waals surface area contributed by atoms with Gasteiger partial charge in [-0.25, -0.2) is 9.36 Å². The number of rotatable bonds is 2. The first-order valence-corrected chi connectivity index (χ1v) is 6.66. The number of aliphatic hydroxyl groups excluding tert-OH is 3. The molecule has 12 nitrogen and oxygen atoms in total. The number of ether oxygens (including phenoxy) is 1. The summed E-state index contributed by atoms with van der Waals surface area (Å²) < 4.78 is 7.79. The van der Waals surface area contributed by atoms with Crippen LogP contribution in [0.4, 0.5) is 5.95 Å². The summed E-state index contributed by atoms with van der Waals surface area (Å²) in [5.41, 5.74) is 3.79. The molecule has 2 aromatic rings. The summed E-state index contributed by atoms with van der Waals surface area (Å²) in [6.07, 6.45) is -5.32. The Hall–Kier alpha value is -2.41. The first-order chi connectivity index (χ1) is 10.8. The fraction of sp³-hybridized carbons (Fsp3) is 0.545. The van der Waals surface area contributed by atoms with Gasteiger partial charge in [0.2, 0.25) is 5.95 Å². The summed E-state index contributed by atoms with van der Waals surface area (Å²) in [5.74, 6) is 5.12. The minimum Gasteiger partial charge on any atom is -0.394 e. The summed E-state index contributed by atoms with van der Waals surface area (Å²) in [5, 5.41) is 29.0. The molecule has 23 heavy (non-hydrogen) atoms. The van der Waals surface area contributed by atoms with Crippen molar-refractivity contribution >= 4 is 17.1 Å². The monoisotopic (exact) mass is 328 g/mol. The molecule has 2 aromatic heterocycles. The third-order valence-electron chi connectivity index (χ3n) is 3.93. The van der Waals surface area contributed by atoms with Crippen molar-refractivity contribution in [3.05, 3.63) is 20.8 Å². The molecule has 126 valence electrons. The number of aryl methyl sites for hydroxylation is 1. The maximum Gasteiger partial charge on any atom is 0.332 e.